The van der Waals surface area contributed by atoms with Crippen LogP contribution < -0.4 is 10.6 Å². The molecule has 0 aromatic carbocycles. The van der Waals surface area contributed by atoms with Gasteiger partial charge in [-0.2, -0.15) is 0 Å². The molecule has 1 rings (SSSR count). The summed E-state index contributed by atoms with van der Waals surface area (Å²) in [6.07, 6.45) is 2.21. The van der Waals surface area contributed by atoms with Gasteiger partial charge in [0, 0.05) is 6.54 Å². The van der Waals surface area contributed by atoms with Crippen molar-refractivity contribution in [3.05, 3.63) is 0 Å². The van der Waals surface area contributed by atoms with Gasteiger partial charge in [-0.15, -0.1) is 11.8 Å². The normalized spacial score (nSPS) is 18.3. The summed E-state index contributed by atoms with van der Waals surface area (Å²) in [6, 6.07) is 0. The predicted octanol–water partition coefficient (Wildman–Crippen LogP) is 1.24. The largest absolute Gasteiger partial charge is 0.355 e. The average molecular weight is 230 g/mol. The van der Waals surface area contributed by atoms with Crippen LogP contribution in [0.25, 0.3) is 0 Å². The lowest BCUT2D eigenvalue weighted by molar-refractivity contribution is -0.120. The summed E-state index contributed by atoms with van der Waals surface area (Å²) in [6.45, 7) is 7.20. The first-order valence-corrected chi connectivity index (χ1v) is 6.89. The maximum absolute atomic E-state index is 11.6. The van der Waals surface area contributed by atoms with E-state index in [0.717, 1.165) is 44.1 Å². The van der Waals surface area contributed by atoms with Gasteiger partial charge < -0.3 is 10.6 Å². The van der Waals surface area contributed by atoms with Crippen molar-refractivity contribution < 1.29 is 4.79 Å². The van der Waals surface area contributed by atoms with Crippen LogP contribution in [-0.4, -0.2) is 36.5 Å². The van der Waals surface area contributed by atoms with E-state index in [0.29, 0.717) is 0 Å². The molecule has 1 aliphatic heterocycles. The summed E-state index contributed by atoms with van der Waals surface area (Å²) >= 11 is 1.77. The SMILES string of the molecule is CCCCNC(=O)C(C)SCC1CNC1. The molecule has 1 amide bonds. The quantitative estimate of drug-likeness (QED) is 0.647. The Bertz CT molecular complexity index is 195. The number of hydrogen-bond donors (Lipinski definition) is 2. The van der Waals surface area contributed by atoms with Crippen molar-refractivity contribution in [1.82, 2.24) is 10.6 Å². The maximum Gasteiger partial charge on any atom is 0.232 e. The van der Waals surface area contributed by atoms with Crippen LogP contribution in [0, 0.1) is 5.92 Å². The standard InChI is InChI=1S/C11H22N2OS/c1-3-4-5-13-11(14)9(2)15-8-10-6-12-7-10/h9-10,12H,3-8H2,1-2H3,(H,13,14). The molecule has 0 radical (unpaired) electrons. The molecule has 2 N–H and O–H groups in total. The Morgan fingerprint density at radius 3 is 2.87 bits per heavy atom. The van der Waals surface area contributed by atoms with Gasteiger partial charge in [0.25, 0.3) is 0 Å². The summed E-state index contributed by atoms with van der Waals surface area (Å²) in [5.41, 5.74) is 0. The zero-order valence-corrected chi connectivity index (χ0v) is 10.5. The lowest BCUT2D eigenvalue weighted by atomic mass is 10.1. The molecule has 1 aliphatic rings. The lowest BCUT2D eigenvalue weighted by Crippen LogP contribution is -2.44. The van der Waals surface area contributed by atoms with Crippen LogP contribution in [0.1, 0.15) is 26.7 Å². The van der Waals surface area contributed by atoms with Crippen LogP contribution in [0.2, 0.25) is 0 Å². The first-order valence-electron chi connectivity index (χ1n) is 5.84. The number of amides is 1. The number of nitrogens with one attached hydrogen (secondary N) is 2. The Morgan fingerprint density at radius 1 is 1.60 bits per heavy atom. The first-order chi connectivity index (χ1) is 7.24. The van der Waals surface area contributed by atoms with Gasteiger partial charge >= 0.3 is 0 Å². The Morgan fingerprint density at radius 2 is 2.33 bits per heavy atom. The van der Waals surface area contributed by atoms with Crippen LogP contribution >= 0.6 is 11.8 Å². The highest BCUT2D eigenvalue weighted by Crippen LogP contribution is 2.17. The average Bonchev–Trinajstić information content (AvgIpc) is 2.15. The molecule has 0 spiro atoms. The van der Waals surface area contributed by atoms with Gasteiger partial charge in [0.1, 0.15) is 0 Å². The Balaban J connectivity index is 2.03. The van der Waals surface area contributed by atoms with Crippen LogP contribution in [-0.2, 0) is 4.79 Å². The van der Waals surface area contributed by atoms with Gasteiger partial charge in [0.05, 0.1) is 5.25 Å². The molecule has 4 heteroatoms. The number of carbonyl (C=O) groups excluding carboxylic acids is 1. The molecular formula is C11H22N2OS. The van der Waals surface area contributed by atoms with Gasteiger partial charge in [-0.05, 0) is 38.1 Å². The molecule has 1 heterocycles. The highest BCUT2D eigenvalue weighted by atomic mass is 32.2. The Hall–Kier alpha value is -0.220. The van der Waals surface area contributed by atoms with E-state index in [1.807, 2.05) is 6.92 Å². The maximum atomic E-state index is 11.6. The third kappa shape index (κ3) is 4.89. The molecular weight excluding hydrogens is 208 g/mol. The summed E-state index contributed by atoms with van der Waals surface area (Å²) in [5, 5.41) is 6.31. The molecule has 88 valence electrons. The minimum Gasteiger partial charge on any atom is -0.355 e. The summed E-state index contributed by atoms with van der Waals surface area (Å²) in [5.74, 6) is 2.08. The fourth-order valence-corrected chi connectivity index (χ4v) is 2.39. The van der Waals surface area contributed by atoms with Crippen molar-refractivity contribution in [1.29, 1.82) is 0 Å². The van der Waals surface area contributed by atoms with Gasteiger partial charge in [-0.25, -0.2) is 0 Å². The second-order valence-electron chi connectivity index (χ2n) is 4.14. The second-order valence-corrected chi connectivity index (χ2v) is 5.52. The van der Waals surface area contributed by atoms with E-state index in [2.05, 4.69) is 17.6 Å². The number of rotatable bonds is 7. The van der Waals surface area contributed by atoms with Crippen LogP contribution in [0.5, 0.6) is 0 Å². The van der Waals surface area contributed by atoms with E-state index in [1.54, 1.807) is 11.8 Å². The fourth-order valence-electron chi connectivity index (χ4n) is 1.35. The van der Waals surface area contributed by atoms with Crippen LogP contribution in [0.4, 0.5) is 0 Å². The van der Waals surface area contributed by atoms with E-state index in [9.17, 15) is 4.79 Å². The number of carbonyl (C=O) groups is 1. The highest BCUT2D eigenvalue weighted by molar-refractivity contribution is 8.00. The van der Waals surface area contributed by atoms with Crippen molar-refractivity contribution in [2.24, 2.45) is 5.92 Å². The first kappa shape index (κ1) is 12.8. The predicted molar refractivity (Wildman–Crippen MR) is 66.2 cm³/mol. The van der Waals surface area contributed by atoms with E-state index in [-0.39, 0.29) is 11.2 Å². The molecule has 1 fully saturated rings. The summed E-state index contributed by atoms with van der Waals surface area (Å²) < 4.78 is 0. The second kappa shape index (κ2) is 7.12. The van der Waals surface area contributed by atoms with Crippen molar-refractivity contribution in [3.63, 3.8) is 0 Å². The molecule has 15 heavy (non-hydrogen) atoms. The smallest absolute Gasteiger partial charge is 0.232 e. The Kier molecular flexibility index (Phi) is 6.10. The molecule has 1 atom stereocenters. The van der Waals surface area contributed by atoms with Crippen molar-refractivity contribution >= 4 is 17.7 Å². The third-order valence-electron chi connectivity index (χ3n) is 2.65. The Labute approximate surface area is 96.8 Å². The van der Waals surface area contributed by atoms with Crippen LogP contribution in [0.15, 0.2) is 0 Å². The van der Waals surface area contributed by atoms with E-state index in [4.69, 9.17) is 0 Å². The minimum absolute atomic E-state index is 0.0995. The number of thioether (sulfide) groups is 1. The molecule has 0 bridgehead atoms. The lowest BCUT2D eigenvalue weighted by Gasteiger charge is -2.27. The van der Waals surface area contributed by atoms with Gasteiger partial charge in [0.15, 0.2) is 0 Å². The molecule has 1 saturated heterocycles. The monoisotopic (exact) mass is 230 g/mol. The molecule has 0 aromatic rings. The topological polar surface area (TPSA) is 41.1 Å². The minimum atomic E-state index is 0.0995. The molecule has 3 nitrogen and oxygen atoms in total. The van der Waals surface area contributed by atoms with Gasteiger partial charge in [0.2, 0.25) is 5.91 Å². The highest BCUT2D eigenvalue weighted by Gasteiger charge is 2.20. The molecule has 1 unspecified atom stereocenters. The van der Waals surface area contributed by atoms with Crippen LogP contribution in [0.3, 0.4) is 0 Å². The van der Waals surface area contributed by atoms with E-state index < -0.39 is 0 Å². The zero-order chi connectivity index (χ0) is 11.1. The number of hydrogen-bond acceptors (Lipinski definition) is 3. The molecule has 0 aromatic heterocycles. The summed E-state index contributed by atoms with van der Waals surface area (Å²) in [4.78, 5) is 11.6. The van der Waals surface area contributed by atoms with Crippen molar-refractivity contribution in [2.75, 3.05) is 25.4 Å². The van der Waals surface area contributed by atoms with E-state index >= 15 is 0 Å². The number of unbranched alkanes of at least 4 members (excludes halogenated alkanes) is 1. The van der Waals surface area contributed by atoms with Crippen molar-refractivity contribution in [2.45, 2.75) is 31.9 Å². The zero-order valence-electron chi connectivity index (χ0n) is 9.71. The third-order valence-corrected chi connectivity index (χ3v) is 4.02. The molecule has 0 saturated carbocycles. The summed E-state index contributed by atoms with van der Waals surface area (Å²) in [7, 11) is 0. The van der Waals surface area contributed by atoms with Crippen molar-refractivity contribution in [3.8, 4) is 0 Å². The molecule has 0 aliphatic carbocycles. The van der Waals surface area contributed by atoms with Gasteiger partial charge in [-0.3, -0.25) is 4.79 Å². The fraction of sp³-hybridized carbons (Fsp3) is 0.909. The van der Waals surface area contributed by atoms with E-state index in [1.165, 1.54) is 0 Å². The van der Waals surface area contributed by atoms with Gasteiger partial charge in [-0.1, -0.05) is 13.3 Å².